The Bertz CT molecular complexity index is 682. The molecule has 0 saturated heterocycles. The third kappa shape index (κ3) is 13.3. The van der Waals surface area contributed by atoms with E-state index in [9.17, 15) is 35.5 Å². The molecule has 0 saturated carbocycles. The first kappa shape index (κ1) is 30.8. The van der Waals surface area contributed by atoms with E-state index in [1.54, 1.807) is 0 Å². The lowest BCUT2D eigenvalue weighted by molar-refractivity contribution is -0.149. The predicted molar refractivity (Wildman–Crippen MR) is 119 cm³/mol. The lowest BCUT2D eigenvalue weighted by Crippen LogP contribution is -2.50. The van der Waals surface area contributed by atoms with Crippen LogP contribution in [0.1, 0.15) is 90.9 Å². The molecule has 2 unspecified atom stereocenters. The Morgan fingerprint density at radius 2 is 0.875 bits per heavy atom. The van der Waals surface area contributed by atoms with Crippen molar-refractivity contribution in [1.29, 1.82) is 0 Å². The van der Waals surface area contributed by atoms with Crippen LogP contribution in [-0.4, -0.2) is 61.6 Å². The van der Waals surface area contributed by atoms with Gasteiger partial charge in [0.2, 0.25) is 10.5 Å². The highest BCUT2D eigenvalue weighted by molar-refractivity contribution is 7.91. The molecule has 0 aliphatic rings. The topological polar surface area (TPSA) is 161 Å². The molecule has 0 heterocycles. The highest BCUT2D eigenvalue weighted by Crippen LogP contribution is 2.18. The van der Waals surface area contributed by atoms with Gasteiger partial charge >= 0.3 is 11.9 Å². The van der Waals surface area contributed by atoms with Crippen LogP contribution in [0, 0.1) is 0 Å². The summed E-state index contributed by atoms with van der Waals surface area (Å²) in [4.78, 5) is 24.5. The van der Waals surface area contributed by atoms with Crippen molar-refractivity contribution in [3.05, 3.63) is 0 Å². The molecule has 0 rings (SSSR count). The fourth-order valence-corrected chi connectivity index (χ4v) is 5.39. The van der Waals surface area contributed by atoms with Crippen molar-refractivity contribution < 1.29 is 45.0 Å². The van der Waals surface area contributed by atoms with Gasteiger partial charge in [-0.1, -0.05) is 78.1 Å². The maximum Gasteiger partial charge on any atom is 0.328 e. The average molecular weight is 503 g/mol. The third-order valence-corrected chi connectivity index (χ3v) is 7.25. The maximum atomic E-state index is 12.2. The summed E-state index contributed by atoms with van der Waals surface area (Å²) in [5.74, 6) is -3.28. The summed E-state index contributed by atoms with van der Waals surface area (Å²) in [6, 6.07) is 0. The number of unbranched alkanes of at least 4 members (excludes halogenated alkanes) is 10. The normalized spacial score (nSPS) is 14.0. The van der Waals surface area contributed by atoms with Gasteiger partial charge in [-0.15, -0.1) is 0 Å². The van der Waals surface area contributed by atoms with Gasteiger partial charge in [-0.05, 0) is 12.8 Å². The molecular weight excluding hydrogens is 464 g/mol. The summed E-state index contributed by atoms with van der Waals surface area (Å²) >= 11 is 0. The Labute approximate surface area is 191 Å². The quantitative estimate of drug-likeness (QED) is 0.152. The minimum absolute atomic E-state index is 0.220. The van der Waals surface area contributed by atoms with Crippen molar-refractivity contribution in [3.63, 3.8) is 0 Å². The maximum absolute atomic E-state index is 12.2. The molecule has 0 aromatic rings. The molecule has 0 bridgehead atoms. The Hall–Kier alpha value is -1.24. The second kappa shape index (κ2) is 16.4. The molecule has 0 aliphatic heterocycles. The Balaban J connectivity index is 5.01. The van der Waals surface area contributed by atoms with Crippen LogP contribution >= 0.6 is 0 Å². The van der Waals surface area contributed by atoms with Crippen LogP contribution < -0.4 is 0 Å². The van der Waals surface area contributed by atoms with Gasteiger partial charge in [0, 0.05) is 0 Å². The predicted octanol–water partition coefficient (Wildman–Crippen LogP) is 3.31. The smallest absolute Gasteiger partial charge is 0.328 e. The molecule has 0 spiro atoms. The number of carbonyl (C=O) groups excluding carboxylic acids is 2. The summed E-state index contributed by atoms with van der Waals surface area (Å²) in [6.45, 7) is 3.67. The van der Waals surface area contributed by atoms with Crippen LogP contribution in [0.4, 0.5) is 0 Å². The van der Waals surface area contributed by atoms with Crippen molar-refractivity contribution in [2.75, 3.05) is 13.2 Å². The second-order valence-corrected chi connectivity index (χ2v) is 10.8. The number of esters is 2. The largest absolute Gasteiger partial charge is 0.465 e. The summed E-state index contributed by atoms with van der Waals surface area (Å²) in [5, 5.41) is -5.68. The summed E-state index contributed by atoms with van der Waals surface area (Å²) < 4.78 is 75.3. The molecule has 0 amide bonds. The second-order valence-electron chi connectivity index (χ2n) is 7.74. The van der Waals surface area contributed by atoms with Crippen molar-refractivity contribution in [2.24, 2.45) is 0 Å². The van der Waals surface area contributed by atoms with E-state index in [2.05, 4.69) is 13.8 Å². The van der Waals surface area contributed by atoms with Crippen LogP contribution in [0.2, 0.25) is 0 Å². The summed E-state index contributed by atoms with van der Waals surface area (Å²) in [6.07, 6.45) is 10.2. The Morgan fingerprint density at radius 3 is 1.16 bits per heavy atom. The fourth-order valence-electron chi connectivity index (χ4n) is 3.08. The minimum Gasteiger partial charge on any atom is -0.465 e. The zero-order valence-corrected chi connectivity index (χ0v) is 20.7. The average Bonchev–Trinajstić information content (AvgIpc) is 2.68. The highest BCUT2D eigenvalue weighted by Gasteiger charge is 2.52. The number of hydrogen-bond donors (Lipinski definition) is 2. The molecule has 0 aromatic heterocycles. The van der Waals surface area contributed by atoms with E-state index >= 15 is 0 Å². The van der Waals surface area contributed by atoms with Gasteiger partial charge in [-0.2, -0.15) is 16.8 Å². The summed E-state index contributed by atoms with van der Waals surface area (Å²) in [7, 11) is -10.8. The third-order valence-electron chi connectivity index (χ3n) is 4.87. The van der Waals surface area contributed by atoms with Gasteiger partial charge in [0.25, 0.3) is 20.2 Å². The molecule has 0 fully saturated rings. The molecule has 190 valence electrons. The van der Waals surface area contributed by atoms with E-state index in [4.69, 9.17) is 9.47 Å². The molecule has 10 nitrogen and oxygen atoms in total. The lowest BCUT2D eigenvalue weighted by Gasteiger charge is -2.20. The summed E-state index contributed by atoms with van der Waals surface area (Å²) in [5.41, 5.74) is 0. The number of rotatable bonds is 19. The van der Waals surface area contributed by atoms with Gasteiger partial charge in [0.1, 0.15) is 0 Å². The van der Waals surface area contributed by atoms with E-state index in [1.165, 1.54) is 0 Å². The number of ether oxygens (including phenoxy) is 2. The lowest BCUT2D eigenvalue weighted by atomic mass is 10.1. The van der Waals surface area contributed by atoms with Crippen molar-refractivity contribution in [3.8, 4) is 0 Å². The van der Waals surface area contributed by atoms with Crippen molar-refractivity contribution >= 4 is 32.2 Å². The molecule has 2 N–H and O–H groups in total. The van der Waals surface area contributed by atoms with E-state index < -0.39 is 42.7 Å². The van der Waals surface area contributed by atoms with Crippen LogP contribution in [-0.2, 0) is 39.3 Å². The monoisotopic (exact) mass is 502 g/mol. The SMILES string of the molecule is CCCCCCCCOC(=O)C(C(C(=O)OCCCCCCCC)S(=O)(=O)O)S(=O)(=O)O. The van der Waals surface area contributed by atoms with Gasteiger partial charge in [0.05, 0.1) is 13.2 Å². The Morgan fingerprint density at radius 1 is 0.594 bits per heavy atom. The molecule has 0 aliphatic carbocycles. The molecule has 32 heavy (non-hydrogen) atoms. The number of hydrogen-bond acceptors (Lipinski definition) is 8. The highest BCUT2D eigenvalue weighted by atomic mass is 32.2. The van der Waals surface area contributed by atoms with Crippen LogP contribution in [0.15, 0.2) is 0 Å². The van der Waals surface area contributed by atoms with Gasteiger partial charge in [-0.25, -0.2) is 0 Å². The molecule has 0 radical (unpaired) electrons. The molecule has 0 aromatic carbocycles. The first-order valence-corrected chi connectivity index (χ1v) is 14.2. The first-order valence-electron chi connectivity index (χ1n) is 11.2. The Kier molecular flexibility index (Phi) is 15.7. The van der Waals surface area contributed by atoms with E-state index in [0.29, 0.717) is 25.7 Å². The standard InChI is InChI=1S/C20H38O10S2/c1-3-5-7-9-11-13-15-29-19(21)17(31(23,24)25)18(32(26,27)28)20(22)30-16-14-12-10-8-6-4-2/h17-18H,3-16H2,1-2H3,(H,23,24,25)(H,26,27,28). The van der Waals surface area contributed by atoms with Crippen molar-refractivity contribution in [2.45, 2.75) is 101 Å². The minimum atomic E-state index is -5.41. The fraction of sp³-hybridized carbons (Fsp3) is 0.900. The van der Waals surface area contributed by atoms with Crippen LogP contribution in [0.25, 0.3) is 0 Å². The van der Waals surface area contributed by atoms with Crippen LogP contribution in [0.5, 0.6) is 0 Å². The van der Waals surface area contributed by atoms with E-state index in [-0.39, 0.29) is 13.2 Å². The molecular formula is C20H38O10S2. The van der Waals surface area contributed by atoms with Gasteiger partial charge in [-0.3, -0.25) is 18.7 Å². The first-order chi connectivity index (χ1) is 15.0. The zero-order valence-electron chi connectivity index (χ0n) is 19.0. The van der Waals surface area contributed by atoms with Crippen LogP contribution in [0.3, 0.4) is 0 Å². The number of carbonyl (C=O) groups is 2. The molecule has 2 atom stereocenters. The van der Waals surface area contributed by atoms with Crippen molar-refractivity contribution in [1.82, 2.24) is 0 Å². The van der Waals surface area contributed by atoms with Gasteiger partial charge < -0.3 is 9.47 Å². The van der Waals surface area contributed by atoms with Gasteiger partial charge in [0.15, 0.2) is 0 Å². The van der Waals surface area contributed by atoms with E-state index in [0.717, 1.165) is 51.4 Å². The molecule has 12 heteroatoms. The van der Waals surface area contributed by atoms with E-state index in [1.807, 2.05) is 0 Å². The zero-order chi connectivity index (χ0) is 24.6.